The van der Waals surface area contributed by atoms with Gasteiger partial charge in [0.25, 0.3) is 5.91 Å². The van der Waals surface area contributed by atoms with Gasteiger partial charge in [-0.25, -0.2) is 5.43 Å². The van der Waals surface area contributed by atoms with Crippen LogP contribution in [0, 0.1) is 13.8 Å². The fourth-order valence-corrected chi connectivity index (χ4v) is 2.74. The Morgan fingerprint density at radius 3 is 2.64 bits per heavy atom. The van der Waals surface area contributed by atoms with Crippen LogP contribution in [-0.2, 0) is 0 Å². The van der Waals surface area contributed by atoms with E-state index in [1.54, 1.807) is 6.07 Å². The van der Waals surface area contributed by atoms with Crippen molar-refractivity contribution in [1.29, 1.82) is 0 Å². The van der Waals surface area contributed by atoms with E-state index >= 15 is 0 Å². The first kappa shape index (κ1) is 17.2. The second-order valence-corrected chi connectivity index (χ2v) is 6.53. The zero-order valence-electron chi connectivity index (χ0n) is 13.9. The highest BCUT2D eigenvalue weighted by atomic mass is 79.9. The van der Waals surface area contributed by atoms with Crippen LogP contribution in [0.2, 0.25) is 0 Å². The van der Waals surface area contributed by atoms with Gasteiger partial charge in [0, 0.05) is 15.6 Å². The van der Waals surface area contributed by atoms with Gasteiger partial charge in [-0.05, 0) is 49.2 Å². The fourth-order valence-electron chi connectivity index (χ4n) is 2.37. The molecule has 4 nitrogen and oxygen atoms in total. The molecule has 1 N–H and O–H groups in total. The van der Waals surface area contributed by atoms with Crippen LogP contribution >= 0.6 is 15.9 Å². The number of aryl methyl sites for hydroxylation is 2. The summed E-state index contributed by atoms with van der Waals surface area (Å²) in [5, 5.41) is 3.97. The number of furan rings is 1. The van der Waals surface area contributed by atoms with Gasteiger partial charge >= 0.3 is 0 Å². The van der Waals surface area contributed by atoms with Crippen LogP contribution in [0.5, 0.6) is 0 Å². The van der Waals surface area contributed by atoms with Gasteiger partial charge in [0.2, 0.25) is 0 Å². The van der Waals surface area contributed by atoms with Gasteiger partial charge < -0.3 is 4.42 Å². The van der Waals surface area contributed by atoms with Gasteiger partial charge in [0.05, 0.1) is 6.21 Å². The highest BCUT2D eigenvalue weighted by Crippen LogP contribution is 2.26. The molecule has 0 aliphatic carbocycles. The number of hydrogen-bond acceptors (Lipinski definition) is 3. The van der Waals surface area contributed by atoms with Crippen LogP contribution in [0.1, 0.15) is 27.2 Å². The van der Waals surface area contributed by atoms with Crippen LogP contribution in [0.4, 0.5) is 0 Å². The first-order chi connectivity index (χ1) is 12.0. The van der Waals surface area contributed by atoms with Gasteiger partial charge in [-0.15, -0.1) is 0 Å². The molecule has 1 heterocycles. The van der Waals surface area contributed by atoms with Crippen molar-refractivity contribution in [1.82, 2.24) is 5.43 Å². The first-order valence-electron chi connectivity index (χ1n) is 7.80. The van der Waals surface area contributed by atoms with Crippen molar-refractivity contribution in [3.05, 3.63) is 81.5 Å². The molecule has 0 radical (unpaired) electrons. The summed E-state index contributed by atoms with van der Waals surface area (Å²) in [4.78, 5) is 12.1. The molecule has 0 bridgehead atoms. The molecule has 5 heteroatoms. The van der Waals surface area contributed by atoms with E-state index in [0.717, 1.165) is 26.9 Å². The van der Waals surface area contributed by atoms with Crippen LogP contribution < -0.4 is 5.43 Å². The molecule has 0 spiro atoms. The molecular weight excluding hydrogens is 380 g/mol. The summed E-state index contributed by atoms with van der Waals surface area (Å²) >= 11 is 3.52. The summed E-state index contributed by atoms with van der Waals surface area (Å²) in [5.74, 6) is 1.06. The third kappa shape index (κ3) is 4.06. The van der Waals surface area contributed by atoms with Crippen LogP contribution in [0.3, 0.4) is 0 Å². The summed E-state index contributed by atoms with van der Waals surface area (Å²) in [6.07, 6.45) is 1.49. The van der Waals surface area contributed by atoms with Crippen molar-refractivity contribution in [2.24, 2.45) is 5.10 Å². The Labute approximate surface area is 154 Å². The number of hydrogen-bond donors (Lipinski definition) is 1. The van der Waals surface area contributed by atoms with Crippen molar-refractivity contribution >= 4 is 28.1 Å². The molecule has 1 aromatic heterocycles. The maximum absolute atomic E-state index is 12.1. The van der Waals surface area contributed by atoms with Crippen LogP contribution in [0.25, 0.3) is 11.3 Å². The number of rotatable bonds is 4. The monoisotopic (exact) mass is 396 g/mol. The van der Waals surface area contributed by atoms with Crippen molar-refractivity contribution in [3.63, 3.8) is 0 Å². The predicted molar refractivity (Wildman–Crippen MR) is 103 cm³/mol. The number of nitrogens with one attached hydrogen (secondary N) is 1. The summed E-state index contributed by atoms with van der Waals surface area (Å²) in [7, 11) is 0. The lowest BCUT2D eigenvalue weighted by atomic mass is 10.1. The second-order valence-electron chi connectivity index (χ2n) is 5.68. The highest BCUT2D eigenvalue weighted by molar-refractivity contribution is 9.10. The third-order valence-corrected chi connectivity index (χ3v) is 4.69. The van der Waals surface area contributed by atoms with E-state index in [9.17, 15) is 4.79 Å². The number of hydrazone groups is 1. The molecule has 1 amide bonds. The number of halogens is 1. The lowest BCUT2D eigenvalue weighted by molar-refractivity contribution is 0.0954. The molecule has 0 unspecified atom stereocenters. The van der Waals surface area contributed by atoms with Crippen molar-refractivity contribution in [2.75, 3.05) is 0 Å². The number of nitrogens with zero attached hydrogens (tertiary/aromatic N) is 1. The number of amides is 1. The number of carbonyl (C=O) groups is 1. The lowest BCUT2D eigenvalue weighted by Gasteiger charge is -2.02. The van der Waals surface area contributed by atoms with Crippen molar-refractivity contribution in [3.8, 4) is 11.3 Å². The molecule has 0 aliphatic heterocycles. The van der Waals surface area contributed by atoms with Crippen molar-refractivity contribution < 1.29 is 9.21 Å². The van der Waals surface area contributed by atoms with Gasteiger partial charge in [-0.3, -0.25) is 4.79 Å². The summed E-state index contributed by atoms with van der Waals surface area (Å²) in [5.41, 5.74) is 6.16. The maximum atomic E-state index is 12.1. The summed E-state index contributed by atoms with van der Waals surface area (Å²) in [6, 6.07) is 17.1. The Kier molecular flexibility index (Phi) is 5.14. The normalized spacial score (nSPS) is 11.0. The molecule has 0 aliphatic rings. The average molecular weight is 397 g/mol. The predicted octanol–water partition coefficient (Wildman–Crippen LogP) is 5.09. The second kappa shape index (κ2) is 7.49. The minimum absolute atomic E-state index is 0.247. The maximum Gasteiger partial charge on any atom is 0.271 e. The highest BCUT2D eigenvalue weighted by Gasteiger charge is 2.07. The Balaban J connectivity index is 1.69. The molecule has 126 valence electrons. The van der Waals surface area contributed by atoms with Crippen molar-refractivity contribution in [2.45, 2.75) is 13.8 Å². The smallest absolute Gasteiger partial charge is 0.271 e. The SMILES string of the molecule is Cc1ccc(-c2ccc(/C=N/NC(=O)c3ccccc3C)o2)cc1Br. The molecule has 3 aromatic rings. The van der Waals surface area contributed by atoms with E-state index in [4.69, 9.17) is 4.42 Å². The minimum Gasteiger partial charge on any atom is -0.455 e. The zero-order chi connectivity index (χ0) is 17.8. The number of benzene rings is 2. The molecule has 0 saturated carbocycles. The first-order valence-corrected chi connectivity index (χ1v) is 8.59. The Morgan fingerprint density at radius 1 is 1.08 bits per heavy atom. The van der Waals surface area contributed by atoms with Gasteiger partial charge in [-0.1, -0.05) is 46.3 Å². The largest absolute Gasteiger partial charge is 0.455 e. The van der Waals surface area contributed by atoms with Gasteiger partial charge in [0.15, 0.2) is 0 Å². The average Bonchev–Trinajstić information content (AvgIpc) is 3.06. The van der Waals surface area contributed by atoms with Gasteiger partial charge in [-0.2, -0.15) is 5.10 Å². The Morgan fingerprint density at radius 2 is 1.88 bits per heavy atom. The van der Waals surface area contributed by atoms with E-state index in [1.165, 1.54) is 6.21 Å². The van der Waals surface area contributed by atoms with Gasteiger partial charge in [0.1, 0.15) is 11.5 Å². The van der Waals surface area contributed by atoms with E-state index in [1.807, 2.05) is 62.4 Å². The molecule has 0 atom stereocenters. The van der Waals surface area contributed by atoms with Crippen LogP contribution in [-0.4, -0.2) is 12.1 Å². The molecule has 0 fully saturated rings. The number of carbonyl (C=O) groups excluding carboxylic acids is 1. The fraction of sp³-hybridized carbons (Fsp3) is 0.100. The Bertz CT molecular complexity index is 944. The third-order valence-electron chi connectivity index (χ3n) is 3.83. The molecule has 3 rings (SSSR count). The molecule has 0 saturated heterocycles. The molecular formula is C20H17BrN2O2. The quantitative estimate of drug-likeness (QED) is 0.493. The standard InChI is InChI=1S/C20H17BrN2O2/c1-13-5-3-4-6-17(13)20(24)23-22-12-16-9-10-19(25-16)15-8-7-14(2)18(21)11-15/h3-12H,1-2H3,(H,23,24)/b22-12+. The molecule has 25 heavy (non-hydrogen) atoms. The van der Waals surface area contributed by atoms with E-state index < -0.39 is 0 Å². The summed E-state index contributed by atoms with van der Waals surface area (Å²) in [6.45, 7) is 3.92. The zero-order valence-corrected chi connectivity index (χ0v) is 15.5. The molecule has 2 aromatic carbocycles. The Hall–Kier alpha value is -2.66. The van der Waals surface area contributed by atoms with E-state index in [2.05, 4.69) is 26.5 Å². The lowest BCUT2D eigenvalue weighted by Crippen LogP contribution is -2.18. The van der Waals surface area contributed by atoms with E-state index in [-0.39, 0.29) is 5.91 Å². The van der Waals surface area contributed by atoms with Crippen LogP contribution in [0.15, 0.2) is 68.6 Å². The minimum atomic E-state index is -0.247. The topological polar surface area (TPSA) is 54.6 Å². The summed E-state index contributed by atoms with van der Waals surface area (Å²) < 4.78 is 6.78. The van der Waals surface area contributed by atoms with E-state index in [0.29, 0.717) is 11.3 Å².